The lowest BCUT2D eigenvalue weighted by Gasteiger charge is -2.31. The topological polar surface area (TPSA) is 57.7 Å². The molecule has 0 radical (unpaired) electrons. The predicted octanol–water partition coefficient (Wildman–Crippen LogP) is 4.89. The Labute approximate surface area is 184 Å². The van der Waals surface area contributed by atoms with E-state index in [0.717, 1.165) is 10.6 Å². The summed E-state index contributed by atoms with van der Waals surface area (Å²) < 4.78 is 0. The molecule has 1 heterocycles. The summed E-state index contributed by atoms with van der Waals surface area (Å²) in [6.45, 7) is 1.96. The number of carbonyl (C=O) groups is 3. The van der Waals surface area contributed by atoms with Crippen molar-refractivity contribution in [3.63, 3.8) is 0 Å². The Balaban J connectivity index is 1.72. The molecular formula is C23H20Cl2N2O3. The average Bonchev–Trinajstić information content (AvgIpc) is 2.97. The Morgan fingerprint density at radius 1 is 1.03 bits per heavy atom. The highest BCUT2D eigenvalue weighted by molar-refractivity contribution is 6.31. The fourth-order valence-electron chi connectivity index (χ4n) is 4.02. The zero-order chi connectivity index (χ0) is 21.4. The molecule has 1 fully saturated rings. The summed E-state index contributed by atoms with van der Waals surface area (Å²) in [7, 11) is 0. The van der Waals surface area contributed by atoms with Gasteiger partial charge in [-0.25, -0.2) is 5.01 Å². The van der Waals surface area contributed by atoms with E-state index in [0.29, 0.717) is 34.0 Å². The largest absolute Gasteiger partial charge is 0.273 e. The fraction of sp³-hybridized carbons (Fsp3) is 0.261. The molecule has 0 aromatic heterocycles. The zero-order valence-electron chi connectivity index (χ0n) is 16.3. The van der Waals surface area contributed by atoms with Crippen molar-refractivity contribution in [2.45, 2.75) is 26.3 Å². The van der Waals surface area contributed by atoms with Crippen molar-refractivity contribution < 1.29 is 14.4 Å². The first-order chi connectivity index (χ1) is 14.4. The van der Waals surface area contributed by atoms with E-state index in [1.807, 2.05) is 13.0 Å². The van der Waals surface area contributed by atoms with E-state index in [1.165, 1.54) is 5.01 Å². The molecule has 1 saturated heterocycles. The minimum Gasteiger partial charge on any atom is -0.272 e. The number of imide groups is 1. The van der Waals surface area contributed by atoms with Crippen molar-refractivity contribution in [2.75, 3.05) is 0 Å². The standard InChI is InChI=1S/C23H20Cl2N2O3/c1-14-6-11-18-19(12-14)23(30)27(22(18)29)26(13-16-4-2-3-5-20(16)25)21(28)15-7-9-17(24)10-8-15/h2-10,18-19H,11-13H2,1H3/t18-,19+/m1/s1. The lowest BCUT2D eigenvalue weighted by molar-refractivity contribution is -0.155. The first kappa shape index (κ1) is 20.6. The molecule has 0 spiro atoms. The molecule has 3 amide bonds. The molecule has 30 heavy (non-hydrogen) atoms. The van der Waals surface area contributed by atoms with Crippen LogP contribution in [0.1, 0.15) is 35.7 Å². The fourth-order valence-corrected chi connectivity index (χ4v) is 4.34. The smallest absolute Gasteiger partial charge is 0.272 e. The third kappa shape index (κ3) is 3.75. The molecule has 5 nitrogen and oxygen atoms in total. The Morgan fingerprint density at radius 2 is 1.70 bits per heavy atom. The minimum absolute atomic E-state index is 0.00443. The third-order valence-electron chi connectivity index (χ3n) is 5.64. The summed E-state index contributed by atoms with van der Waals surface area (Å²) in [5.74, 6) is -2.02. The summed E-state index contributed by atoms with van der Waals surface area (Å²) in [6.07, 6.45) is 3.03. The van der Waals surface area contributed by atoms with Crippen molar-refractivity contribution in [2.24, 2.45) is 11.8 Å². The third-order valence-corrected chi connectivity index (χ3v) is 6.27. The van der Waals surface area contributed by atoms with Gasteiger partial charge in [0.05, 0.1) is 18.4 Å². The Hall–Kier alpha value is -2.63. The second-order valence-electron chi connectivity index (χ2n) is 7.65. The molecule has 0 N–H and O–H groups in total. The van der Waals surface area contributed by atoms with Crippen LogP contribution < -0.4 is 0 Å². The number of hydrogen-bond donors (Lipinski definition) is 0. The molecule has 1 aliphatic carbocycles. The number of halogens is 2. The normalized spacial score (nSPS) is 20.8. The highest BCUT2D eigenvalue weighted by Crippen LogP contribution is 2.39. The molecule has 2 aromatic carbocycles. The summed E-state index contributed by atoms with van der Waals surface area (Å²) in [6, 6.07) is 13.4. The van der Waals surface area contributed by atoms with Crippen molar-refractivity contribution in [3.05, 3.63) is 81.4 Å². The van der Waals surface area contributed by atoms with Crippen LogP contribution in [0.4, 0.5) is 0 Å². The molecule has 7 heteroatoms. The van der Waals surface area contributed by atoms with E-state index in [4.69, 9.17) is 23.2 Å². The molecule has 0 bridgehead atoms. The number of hydrazine groups is 1. The van der Waals surface area contributed by atoms with E-state index in [-0.39, 0.29) is 18.4 Å². The maximum atomic E-state index is 13.4. The van der Waals surface area contributed by atoms with Crippen LogP contribution in [0.25, 0.3) is 0 Å². The molecule has 0 unspecified atom stereocenters. The lowest BCUT2D eigenvalue weighted by Crippen LogP contribution is -2.49. The number of benzene rings is 2. The van der Waals surface area contributed by atoms with Gasteiger partial charge in [0.25, 0.3) is 17.7 Å². The summed E-state index contributed by atoms with van der Waals surface area (Å²) in [5.41, 5.74) is 2.06. The van der Waals surface area contributed by atoms with Gasteiger partial charge >= 0.3 is 0 Å². The average molecular weight is 443 g/mol. The monoisotopic (exact) mass is 442 g/mol. The van der Waals surface area contributed by atoms with E-state index < -0.39 is 17.7 Å². The molecule has 2 aromatic rings. The van der Waals surface area contributed by atoms with E-state index in [1.54, 1.807) is 48.5 Å². The first-order valence-electron chi connectivity index (χ1n) is 9.71. The number of rotatable bonds is 4. The van der Waals surface area contributed by atoms with Crippen molar-refractivity contribution >= 4 is 40.9 Å². The SMILES string of the molecule is CC1=CC[C@H]2C(=O)N(N(Cc3ccccc3Cl)C(=O)c3ccc(Cl)cc3)C(=O)[C@H]2C1. The maximum Gasteiger partial charge on any atom is 0.273 e. The Morgan fingerprint density at radius 3 is 2.40 bits per heavy atom. The van der Waals surface area contributed by atoms with Crippen molar-refractivity contribution in [1.29, 1.82) is 0 Å². The van der Waals surface area contributed by atoms with Crippen LogP contribution >= 0.6 is 23.2 Å². The number of carbonyl (C=O) groups excluding carboxylic acids is 3. The molecule has 0 saturated carbocycles. The predicted molar refractivity (Wildman–Crippen MR) is 115 cm³/mol. The summed E-state index contributed by atoms with van der Waals surface area (Å²) in [5, 5.41) is 3.19. The summed E-state index contributed by atoms with van der Waals surface area (Å²) >= 11 is 12.3. The van der Waals surface area contributed by atoms with Crippen molar-refractivity contribution in [1.82, 2.24) is 10.0 Å². The van der Waals surface area contributed by atoms with Crippen LogP contribution in [0.5, 0.6) is 0 Å². The van der Waals surface area contributed by atoms with E-state index >= 15 is 0 Å². The molecule has 154 valence electrons. The van der Waals surface area contributed by atoms with E-state index in [2.05, 4.69) is 0 Å². The highest BCUT2D eigenvalue weighted by Gasteiger charge is 2.51. The van der Waals surface area contributed by atoms with Gasteiger partial charge in [-0.1, -0.05) is 53.1 Å². The second-order valence-corrected chi connectivity index (χ2v) is 8.50. The zero-order valence-corrected chi connectivity index (χ0v) is 17.9. The van der Waals surface area contributed by atoms with E-state index in [9.17, 15) is 14.4 Å². The quantitative estimate of drug-likeness (QED) is 0.500. The number of fused-ring (bicyclic) bond motifs is 1. The van der Waals surface area contributed by atoms with Crippen LogP contribution in [-0.4, -0.2) is 27.7 Å². The van der Waals surface area contributed by atoms with Gasteiger partial charge in [0, 0.05) is 15.6 Å². The lowest BCUT2D eigenvalue weighted by atomic mass is 9.82. The van der Waals surface area contributed by atoms with Gasteiger partial charge in [-0.3, -0.25) is 14.4 Å². The molecule has 2 aliphatic rings. The van der Waals surface area contributed by atoms with Crippen LogP contribution in [0.2, 0.25) is 10.0 Å². The Kier molecular flexibility index (Phi) is 5.67. The van der Waals surface area contributed by atoms with Crippen LogP contribution in [-0.2, 0) is 16.1 Å². The van der Waals surface area contributed by atoms with Gasteiger partial charge < -0.3 is 0 Å². The second kappa shape index (κ2) is 8.25. The van der Waals surface area contributed by atoms with Crippen LogP contribution in [0, 0.1) is 11.8 Å². The molecular weight excluding hydrogens is 423 g/mol. The van der Waals surface area contributed by atoms with Gasteiger partial charge in [-0.05, 0) is 55.7 Å². The first-order valence-corrected chi connectivity index (χ1v) is 10.5. The van der Waals surface area contributed by atoms with Gasteiger partial charge in [0.2, 0.25) is 0 Å². The van der Waals surface area contributed by atoms with Gasteiger partial charge in [0.1, 0.15) is 0 Å². The number of nitrogens with zero attached hydrogens (tertiary/aromatic N) is 2. The summed E-state index contributed by atoms with van der Waals surface area (Å²) in [4.78, 5) is 39.8. The van der Waals surface area contributed by atoms with Crippen molar-refractivity contribution in [3.8, 4) is 0 Å². The minimum atomic E-state index is -0.461. The Bertz CT molecular complexity index is 1050. The molecule has 1 aliphatic heterocycles. The molecule has 2 atom stereocenters. The van der Waals surface area contributed by atoms with Gasteiger partial charge in [-0.15, -0.1) is 0 Å². The van der Waals surface area contributed by atoms with Crippen LogP contribution in [0.3, 0.4) is 0 Å². The van der Waals surface area contributed by atoms with Gasteiger partial charge in [-0.2, -0.15) is 5.01 Å². The van der Waals surface area contributed by atoms with Crippen LogP contribution in [0.15, 0.2) is 60.2 Å². The van der Waals surface area contributed by atoms with Gasteiger partial charge in [0.15, 0.2) is 0 Å². The number of amides is 3. The maximum absolute atomic E-state index is 13.4. The molecule has 4 rings (SSSR count). The highest BCUT2D eigenvalue weighted by atomic mass is 35.5. The number of hydrogen-bond acceptors (Lipinski definition) is 3. The number of allylic oxidation sites excluding steroid dienone is 2.